The van der Waals surface area contributed by atoms with E-state index >= 15 is 0 Å². The van der Waals surface area contributed by atoms with Crippen LogP contribution in [-0.2, 0) is 9.59 Å². The van der Waals surface area contributed by atoms with E-state index in [1.54, 1.807) is 19.2 Å². The molecule has 4 saturated carbocycles. The van der Waals surface area contributed by atoms with Crippen molar-refractivity contribution in [3.05, 3.63) is 39.9 Å². The average molecular weight is 414 g/mol. The first kappa shape index (κ1) is 20.8. The lowest BCUT2D eigenvalue weighted by atomic mass is 9.49. The van der Waals surface area contributed by atoms with Gasteiger partial charge in [-0.1, -0.05) is 12.1 Å². The minimum absolute atomic E-state index is 0.00377. The standard InChI is InChI=1S/C23H31N3O4/c1-15(19-4-3-5-20(9-19)26(29)30)25(2)22(28)14-24-21(27)13-23-10-16-6-17(11-23)8-18(7-16)12-23/h3-5,9,15-18H,6-8,10-14H2,1-2H3,(H,24,27)/t15-,16?,17?,18?,23?/m1/s1. The van der Waals surface area contributed by atoms with Crippen LogP contribution >= 0.6 is 0 Å². The number of benzene rings is 1. The number of amides is 2. The summed E-state index contributed by atoms with van der Waals surface area (Å²) in [5.74, 6) is 2.17. The molecule has 1 atom stereocenters. The molecule has 0 spiro atoms. The van der Waals surface area contributed by atoms with Gasteiger partial charge in [0, 0.05) is 25.6 Å². The lowest BCUT2D eigenvalue weighted by Crippen LogP contribution is -2.48. The molecule has 7 nitrogen and oxygen atoms in total. The van der Waals surface area contributed by atoms with Crippen LogP contribution in [0.2, 0.25) is 0 Å². The molecule has 7 heteroatoms. The van der Waals surface area contributed by atoms with Crippen LogP contribution in [0.3, 0.4) is 0 Å². The van der Waals surface area contributed by atoms with E-state index in [2.05, 4.69) is 5.32 Å². The van der Waals surface area contributed by atoms with Crippen molar-refractivity contribution >= 4 is 17.5 Å². The highest BCUT2D eigenvalue weighted by Crippen LogP contribution is 2.61. The number of nitrogens with zero attached hydrogens (tertiary/aromatic N) is 2. The van der Waals surface area contributed by atoms with Gasteiger partial charge in [0.1, 0.15) is 0 Å². The average Bonchev–Trinajstić information content (AvgIpc) is 2.69. The van der Waals surface area contributed by atoms with E-state index in [0.717, 1.165) is 17.8 Å². The van der Waals surface area contributed by atoms with Crippen molar-refractivity contribution in [3.8, 4) is 0 Å². The maximum Gasteiger partial charge on any atom is 0.269 e. The molecule has 0 aromatic heterocycles. The highest BCUT2D eigenvalue weighted by Gasteiger charge is 2.51. The first-order chi connectivity index (χ1) is 14.2. The van der Waals surface area contributed by atoms with Gasteiger partial charge in [0.25, 0.3) is 5.69 Å². The minimum atomic E-state index is -0.442. The van der Waals surface area contributed by atoms with E-state index in [0.29, 0.717) is 12.0 Å². The van der Waals surface area contributed by atoms with Gasteiger partial charge in [-0.15, -0.1) is 0 Å². The molecule has 5 rings (SSSR count). The summed E-state index contributed by atoms with van der Waals surface area (Å²) >= 11 is 0. The van der Waals surface area contributed by atoms with Crippen molar-refractivity contribution in [1.82, 2.24) is 10.2 Å². The van der Waals surface area contributed by atoms with Crippen molar-refractivity contribution in [3.63, 3.8) is 0 Å². The van der Waals surface area contributed by atoms with E-state index in [-0.39, 0.29) is 35.5 Å². The summed E-state index contributed by atoms with van der Waals surface area (Å²) in [5, 5.41) is 13.8. The highest BCUT2D eigenvalue weighted by atomic mass is 16.6. The third kappa shape index (κ3) is 4.20. The minimum Gasteiger partial charge on any atom is -0.347 e. The Morgan fingerprint density at radius 2 is 1.80 bits per heavy atom. The van der Waals surface area contributed by atoms with E-state index in [1.807, 2.05) is 6.92 Å². The normalized spacial score (nSPS) is 30.0. The van der Waals surface area contributed by atoms with E-state index in [1.165, 1.54) is 55.6 Å². The van der Waals surface area contributed by atoms with Crippen molar-refractivity contribution in [2.45, 2.75) is 57.9 Å². The number of hydrogen-bond donors (Lipinski definition) is 1. The number of carbonyl (C=O) groups excluding carboxylic acids is 2. The summed E-state index contributed by atoms with van der Waals surface area (Å²) in [6.07, 6.45) is 8.09. The molecule has 0 unspecified atom stereocenters. The smallest absolute Gasteiger partial charge is 0.269 e. The molecule has 0 saturated heterocycles. The first-order valence-corrected chi connectivity index (χ1v) is 11.0. The molecule has 0 aliphatic heterocycles. The molecule has 1 N–H and O–H groups in total. The maximum atomic E-state index is 12.7. The molecule has 4 aliphatic carbocycles. The topological polar surface area (TPSA) is 92.6 Å². The Kier molecular flexibility index (Phi) is 5.55. The molecule has 0 heterocycles. The van der Waals surface area contributed by atoms with Gasteiger partial charge in [-0.05, 0) is 74.2 Å². The van der Waals surface area contributed by atoms with Gasteiger partial charge in [0.2, 0.25) is 11.8 Å². The van der Waals surface area contributed by atoms with Gasteiger partial charge in [-0.25, -0.2) is 0 Å². The second kappa shape index (κ2) is 8.00. The monoisotopic (exact) mass is 413 g/mol. The van der Waals surface area contributed by atoms with Crippen LogP contribution in [0.15, 0.2) is 24.3 Å². The Labute approximate surface area is 177 Å². The molecule has 4 bridgehead atoms. The SMILES string of the molecule is C[C@H](c1cccc([N+](=O)[O-])c1)N(C)C(=O)CNC(=O)CC12CC3CC(CC(C3)C1)C2. The van der Waals surface area contributed by atoms with Gasteiger partial charge in [-0.3, -0.25) is 19.7 Å². The third-order valence-corrected chi connectivity index (χ3v) is 7.68. The van der Waals surface area contributed by atoms with Crippen molar-refractivity contribution in [2.75, 3.05) is 13.6 Å². The number of non-ortho nitro benzene ring substituents is 1. The molecule has 0 radical (unpaired) electrons. The predicted molar refractivity (Wildman–Crippen MR) is 113 cm³/mol. The Balaban J connectivity index is 1.30. The van der Waals surface area contributed by atoms with Gasteiger partial charge >= 0.3 is 0 Å². The summed E-state index contributed by atoms with van der Waals surface area (Å²) < 4.78 is 0. The Morgan fingerprint density at radius 3 is 2.37 bits per heavy atom. The summed E-state index contributed by atoms with van der Waals surface area (Å²) in [5.41, 5.74) is 0.855. The van der Waals surface area contributed by atoms with Crippen molar-refractivity contribution in [1.29, 1.82) is 0 Å². The lowest BCUT2D eigenvalue weighted by Gasteiger charge is -2.56. The Hall–Kier alpha value is -2.44. The molecular formula is C23H31N3O4. The highest BCUT2D eigenvalue weighted by molar-refractivity contribution is 5.85. The summed E-state index contributed by atoms with van der Waals surface area (Å²) in [6.45, 7) is 1.79. The molecule has 2 amide bonds. The quantitative estimate of drug-likeness (QED) is 0.543. The number of nitrogens with one attached hydrogen (secondary N) is 1. The summed E-state index contributed by atoms with van der Waals surface area (Å²) in [6, 6.07) is 5.99. The lowest BCUT2D eigenvalue weighted by molar-refractivity contribution is -0.384. The van der Waals surface area contributed by atoms with Crippen LogP contribution in [0.5, 0.6) is 0 Å². The van der Waals surface area contributed by atoms with Gasteiger partial charge < -0.3 is 10.2 Å². The number of nitro benzene ring substituents is 1. The third-order valence-electron chi connectivity index (χ3n) is 7.68. The zero-order valence-corrected chi connectivity index (χ0v) is 17.8. The second-order valence-electron chi connectivity index (χ2n) is 9.90. The molecule has 4 fully saturated rings. The summed E-state index contributed by atoms with van der Waals surface area (Å²) in [7, 11) is 1.66. The first-order valence-electron chi connectivity index (χ1n) is 11.0. The van der Waals surface area contributed by atoms with Gasteiger partial charge in [0.15, 0.2) is 0 Å². The number of likely N-dealkylation sites (N-methyl/N-ethyl adjacent to an activating group) is 1. The van der Waals surface area contributed by atoms with Crippen LogP contribution in [0.25, 0.3) is 0 Å². The van der Waals surface area contributed by atoms with E-state index in [9.17, 15) is 19.7 Å². The number of nitro groups is 1. The molecule has 1 aromatic carbocycles. The van der Waals surface area contributed by atoms with Gasteiger partial charge in [0.05, 0.1) is 17.5 Å². The molecular weight excluding hydrogens is 382 g/mol. The van der Waals surface area contributed by atoms with Gasteiger partial charge in [-0.2, -0.15) is 0 Å². The van der Waals surface area contributed by atoms with Crippen LogP contribution in [0.4, 0.5) is 5.69 Å². The van der Waals surface area contributed by atoms with Crippen LogP contribution in [-0.4, -0.2) is 35.2 Å². The number of carbonyl (C=O) groups is 2. The van der Waals surface area contributed by atoms with E-state index in [4.69, 9.17) is 0 Å². The molecule has 30 heavy (non-hydrogen) atoms. The summed E-state index contributed by atoms with van der Waals surface area (Å²) in [4.78, 5) is 37.4. The largest absolute Gasteiger partial charge is 0.347 e. The zero-order chi connectivity index (χ0) is 21.5. The van der Waals surface area contributed by atoms with Crippen molar-refractivity contribution < 1.29 is 14.5 Å². The maximum absolute atomic E-state index is 12.7. The zero-order valence-electron chi connectivity index (χ0n) is 17.8. The fourth-order valence-corrected chi connectivity index (χ4v) is 6.55. The number of rotatable bonds is 7. The fourth-order valence-electron chi connectivity index (χ4n) is 6.55. The number of hydrogen-bond acceptors (Lipinski definition) is 4. The van der Waals surface area contributed by atoms with Crippen LogP contribution < -0.4 is 5.32 Å². The van der Waals surface area contributed by atoms with E-state index < -0.39 is 4.92 Å². The Bertz CT molecular complexity index is 817. The predicted octanol–water partition coefficient (Wildman–Crippen LogP) is 3.84. The van der Waals surface area contributed by atoms with Crippen LogP contribution in [0.1, 0.15) is 63.5 Å². The van der Waals surface area contributed by atoms with Crippen LogP contribution in [0, 0.1) is 33.3 Å². The molecule has 1 aromatic rings. The molecule has 162 valence electrons. The Morgan fingerprint density at radius 1 is 1.20 bits per heavy atom. The molecule has 4 aliphatic rings. The second-order valence-corrected chi connectivity index (χ2v) is 9.90. The fraction of sp³-hybridized carbons (Fsp3) is 0.652. The van der Waals surface area contributed by atoms with Crippen molar-refractivity contribution in [2.24, 2.45) is 23.2 Å².